The first-order valence-electron chi connectivity index (χ1n) is 11.6. The Morgan fingerprint density at radius 1 is 1.03 bits per heavy atom. The van der Waals surface area contributed by atoms with Gasteiger partial charge >= 0.3 is 11.9 Å². The quantitative estimate of drug-likeness (QED) is 0.633. The van der Waals surface area contributed by atoms with E-state index in [1.165, 1.54) is 13.8 Å². The molecular weight excluding hydrogens is 396 g/mol. The van der Waals surface area contributed by atoms with E-state index in [1.807, 2.05) is 0 Å². The van der Waals surface area contributed by atoms with Crippen molar-refractivity contribution in [2.24, 2.45) is 34.5 Å². The van der Waals surface area contributed by atoms with E-state index >= 15 is 0 Å². The fourth-order valence-corrected chi connectivity index (χ4v) is 7.98. The van der Waals surface area contributed by atoms with Gasteiger partial charge in [0.2, 0.25) is 0 Å². The van der Waals surface area contributed by atoms with Crippen molar-refractivity contribution in [1.29, 1.82) is 0 Å². The third-order valence-corrected chi connectivity index (χ3v) is 8.98. The average molecular weight is 431 g/mol. The number of esters is 2. The summed E-state index contributed by atoms with van der Waals surface area (Å²) < 4.78 is 11.7. The molecule has 4 aliphatic rings. The number of fused-ring (bicyclic) bond motifs is 5. The van der Waals surface area contributed by atoms with Crippen LogP contribution in [-0.2, 0) is 28.7 Å². The molecule has 170 valence electrons. The number of hydrogen-bond acceptors (Lipinski definition) is 6. The van der Waals surface area contributed by atoms with E-state index in [1.54, 1.807) is 13.0 Å². The lowest BCUT2D eigenvalue weighted by molar-refractivity contribution is -0.184. The molecule has 0 aromatic heterocycles. The van der Waals surface area contributed by atoms with Gasteiger partial charge < -0.3 is 9.47 Å². The van der Waals surface area contributed by atoms with E-state index in [0.29, 0.717) is 31.6 Å². The second-order valence-electron chi connectivity index (χ2n) is 10.7. The van der Waals surface area contributed by atoms with Crippen molar-refractivity contribution in [3.05, 3.63) is 11.6 Å². The molecule has 4 rings (SSSR count). The molecule has 0 aromatic rings. The van der Waals surface area contributed by atoms with Crippen LogP contribution in [0.5, 0.6) is 0 Å². The minimum atomic E-state index is -0.440. The van der Waals surface area contributed by atoms with Crippen molar-refractivity contribution in [2.75, 3.05) is 0 Å². The van der Waals surface area contributed by atoms with E-state index < -0.39 is 6.10 Å². The molecule has 0 aromatic carbocycles. The molecule has 3 fully saturated rings. The number of hydrogen-bond donors (Lipinski definition) is 0. The molecule has 0 radical (unpaired) electrons. The van der Waals surface area contributed by atoms with Gasteiger partial charge in [0, 0.05) is 32.1 Å². The molecule has 31 heavy (non-hydrogen) atoms. The molecule has 8 atom stereocenters. The van der Waals surface area contributed by atoms with Crippen LogP contribution in [0, 0.1) is 34.5 Å². The predicted octanol–water partition coefficient (Wildman–Crippen LogP) is 3.81. The normalized spacial score (nSPS) is 43.8. The molecule has 0 saturated heterocycles. The van der Waals surface area contributed by atoms with Gasteiger partial charge in [-0.1, -0.05) is 13.8 Å². The van der Waals surface area contributed by atoms with Crippen molar-refractivity contribution < 1.29 is 28.7 Å². The summed E-state index contributed by atoms with van der Waals surface area (Å²) in [6, 6.07) is 0. The molecule has 3 saturated carbocycles. The zero-order valence-corrected chi connectivity index (χ0v) is 19.2. The summed E-state index contributed by atoms with van der Waals surface area (Å²) >= 11 is 0. The lowest BCUT2D eigenvalue weighted by atomic mass is 9.45. The molecule has 0 aliphatic heterocycles. The summed E-state index contributed by atoms with van der Waals surface area (Å²) in [5.74, 6) is 0.0592. The molecule has 6 nitrogen and oxygen atoms in total. The van der Waals surface area contributed by atoms with Crippen molar-refractivity contribution in [3.63, 3.8) is 0 Å². The van der Waals surface area contributed by atoms with Gasteiger partial charge in [0.05, 0.1) is 0 Å². The highest BCUT2D eigenvalue weighted by atomic mass is 16.5. The first-order valence-corrected chi connectivity index (χ1v) is 11.6. The average Bonchev–Trinajstić information content (AvgIpc) is 2.99. The molecule has 0 N–H and O–H groups in total. The third kappa shape index (κ3) is 3.46. The van der Waals surface area contributed by atoms with E-state index in [2.05, 4.69) is 13.8 Å². The number of carbonyl (C=O) groups is 4. The molecule has 4 aliphatic carbocycles. The first kappa shape index (κ1) is 22.2. The zero-order valence-electron chi connectivity index (χ0n) is 19.2. The maximum absolute atomic E-state index is 12.5. The zero-order chi connectivity index (χ0) is 22.7. The Balaban J connectivity index is 1.83. The maximum Gasteiger partial charge on any atom is 0.303 e. The molecule has 0 amide bonds. The van der Waals surface area contributed by atoms with E-state index in [0.717, 1.165) is 18.4 Å². The second-order valence-corrected chi connectivity index (χ2v) is 10.7. The summed E-state index contributed by atoms with van der Waals surface area (Å²) in [5.41, 5.74) is 0.255. The van der Waals surface area contributed by atoms with E-state index in [9.17, 15) is 19.2 Å². The van der Waals surface area contributed by atoms with Crippen molar-refractivity contribution in [1.82, 2.24) is 0 Å². The van der Waals surface area contributed by atoms with Crippen molar-refractivity contribution in [2.45, 2.75) is 85.4 Å². The molecular formula is C25H34O6. The Bertz CT molecular complexity index is 858. The van der Waals surface area contributed by atoms with Crippen LogP contribution < -0.4 is 0 Å². The fraction of sp³-hybridized carbons (Fsp3) is 0.760. The van der Waals surface area contributed by atoms with Crippen LogP contribution in [0.2, 0.25) is 0 Å². The number of rotatable bonds is 3. The minimum Gasteiger partial charge on any atom is -0.462 e. The Morgan fingerprint density at radius 2 is 1.71 bits per heavy atom. The van der Waals surface area contributed by atoms with Gasteiger partial charge in [0.25, 0.3) is 0 Å². The van der Waals surface area contributed by atoms with Gasteiger partial charge in [-0.15, -0.1) is 0 Å². The van der Waals surface area contributed by atoms with Gasteiger partial charge in [0.15, 0.2) is 5.78 Å². The standard InChI is InChI=1S/C25H34O6/c1-13(26)18-6-7-19-17-11-21(30-14(2)27)20-10-16(29)8-9-24(20,4)23(17)22(31-15(3)28)12-25(18,19)5/h10,17-19,21-23H,6-9,11-12H2,1-5H3/t17-,18+,19-,21-,22+,23+,24-,25+/m0/s1. The van der Waals surface area contributed by atoms with Gasteiger partial charge in [0.1, 0.15) is 18.0 Å². The highest BCUT2D eigenvalue weighted by Crippen LogP contribution is 2.67. The van der Waals surface area contributed by atoms with Gasteiger partial charge in [-0.05, 0) is 73.3 Å². The van der Waals surface area contributed by atoms with Crippen LogP contribution in [0.15, 0.2) is 11.6 Å². The smallest absolute Gasteiger partial charge is 0.303 e. The third-order valence-electron chi connectivity index (χ3n) is 8.98. The summed E-state index contributed by atoms with van der Waals surface area (Å²) in [7, 11) is 0. The topological polar surface area (TPSA) is 86.7 Å². The highest BCUT2D eigenvalue weighted by molar-refractivity contribution is 5.92. The van der Waals surface area contributed by atoms with Crippen LogP contribution in [0.25, 0.3) is 0 Å². The van der Waals surface area contributed by atoms with Crippen LogP contribution in [-0.4, -0.2) is 35.7 Å². The Morgan fingerprint density at radius 3 is 2.32 bits per heavy atom. The Kier molecular flexibility index (Phi) is 5.42. The summed E-state index contributed by atoms with van der Waals surface area (Å²) in [4.78, 5) is 48.9. The van der Waals surface area contributed by atoms with Crippen LogP contribution in [0.4, 0.5) is 0 Å². The number of ether oxygens (including phenoxy) is 2. The Hall–Kier alpha value is -1.98. The lowest BCUT2D eigenvalue weighted by Crippen LogP contribution is -2.60. The molecule has 0 spiro atoms. The lowest BCUT2D eigenvalue weighted by Gasteiger charge is -2.61. The molecule has 0 unspecified atom stereocenters. The van der Waals surface area contributed by atoms with Crippen molar-refractivity contribution in [3.8, 4) is 0 Å². The number of Topliss-reactive ketones (excluding diaryl/α,β-unsaturated/α-hetero) is 1. The monoisotopic (exact) mass is 430 g/mol. The fourth-order valence-electron chi connectivity index (χ4n) is 7.98. The Labute approximate surface area is 184 Å². The largest absolute Gasteiger partial charge is 0.462 e. The molecule has 0 bridgehead atoms. The highest BCUT2D eigenvalue weighted by Gasteiger charge is 2.65. The van der Waals surface area contributed by atoms with Crippen LogP contribution in [0.3, 0.4) is 0 Å². The predicted molar refractivity (Wildman–Crippen MR) is 113 cm³/mol. The first-order chi connectivity index (χ1) is 14.5. The molecule has 0 heterocycles. The second kappa shape index (κ2) is 7.56. The van der Waals surface area contributed by atoms with Gasteiger partial charge in [-0.3, -0.25) is 19.2 Å². The molecule has 6 heteroatoms. The van der Waals surface area contributed by atoms with Crippen molar-refractivity contribution >= 4 is 23.5 Å². The maximum atomic E-state index is 12.5. The summed E-state index contributed by atoms with van der Waals surface area (Å²) in [6.45, 7) is 8.84. The van der Waals surface area contributed by atoms with Crippen LogP contribution in [0.1, 0.15) is 73.1 Å². The number of carbonyl (C=O) groups excluding carboxylic acids is 4. The SMILES string of the molecule is CC(=O)O[C@H]1C[C@@H]2[C@H]([C@H](OC(C)=O)C[C@]3(C)[C@@H](C(C)=O)CC[C@@H]23)[C@@]2(C)CCC(=O)C=C12. The number of ketones is 2. The summed E-state index contributed by atoms with van der Waals surface area (Å²) in [5, 5.41) is 0. The summed E-state index contributed by atoms with van der Waals surface area (Å²) in [6.07, 6.45) is 5.11. The van der Waals surface area contributed by atoms with Gasteiger partial charge in [-0.2, -0.15) is 0 Å². The van der Waals surface area contributed by atoms with E-state index in [4.69, 9.17) is 9.47 Å². The minimum absolute atomic E-state index is 0.0404. The van der Waals surface area contributed by atoms with Crippen LogP contribution >= 0.6 is 0 Å². The van der Waals surface area contributed by atoms with Gasteiger partial charge in [-0.25, -0.2) is 0 Å². The van der Waals surface area contributed by atoms with E-state index in [-0.39, 0.29) is 58.2 Å².